The summed E-state index contributed by atoms with van der Waals surface area (Å²) in [6.45, 7) is 2.78. The number of anilines is 1. The van der Waals surface area contributed by atoms with Gasteiger partial charge in [0.25, 0.3) is 0 Å². The Morgan fingerprint density at radius 3 is 2.59 bits per heavy atom. The van der Waals surface area contributed by atoms with Crippen molar-refractivity contribution in [2.75, 3.05) is 37.7 Å². The van der Waals surface area contributed by atoms with Gasteiger partial charge in [0.05, 0.1) is 4.90 Å². The lowest BCUT2D eigenvalue weighted by molar-refractivity contribution is 0.171. The van der Waals surface area contributed by atoms with Crippen LogP contribution < -0.4 is 19.1 Å². The number of hydrogen-bond donors (Lipinski definition) is 1. The van der Waals surface area contributed by atoms with Gasteiger partial charge in [0.2, 0.25) is 10.0 Å². The maximum absolute atomic E-state index is 13.1. The molecule has 144 valence electrons. The van der Waals surface area contributed by atoms with E-state index in [0.29, 0.717) is 31.3 Å². The first-order valence-corrected chi connectivity index (χ1v) is 10.4. The van der Waals surface area contributed by atoms with Crippen LogP contribution in [-0.2, 0) is 10.0 Å². The third kappa shape index (κ3) is 4.01. The maximum Gasteiger partial charge on any atom is 0.240 e. The number of halogens is 1. The Morgan fingerprint density at radius 2 is 1.81 bits per heavy atom. The van der Waals surface area contributed by atoms with Crippen LogP contribution in [0.4, 0.5) is 10.1 Å². The number of ether oxygens (including phenoxy) is 2. The third-order valence-corrected chi connectivity index (χ3v) is 6.28. The van der Waals surface area contributed by atoms with E-state index in [4.69, 9.17) is 9.47 Å². The predicted molar refractivity (Wildman–Crippen MR) is 99.3 cm³/mol. The average molecular weight is 392 g/mol. The summed E-state index contributed by atoms with van der Waals surface area (Å²) < 4.78 is 51.8. The molecule has 2 aliphatic heterocycles. The number of sulfonamides is 1. The molecule has 1 N–H and O–H groups in total. The fraction of sp³-hybridized carbons (Fsp3) is 0.368. The van der Waals surface area contributed by atoms with E-state index < -0.39 is 10.0 Å². The van der Waals surface area contributed by atoms with Crippen molar-refractivity contribution in [3.63, 3.8) is 0 Å². The number of nitrogens with one attached hydrogen (secondary N) is 1. The second kappa shape index (κ2) is 7.36. The zero-order valence-corrected chi connectivity index (χ0v) is 15.5. The van der Waals surface area contributed by atoms with Crippen molar-refractivity contribution in [1.82, 2.24) is 4.72 Å². The number of hydrogen-bond acceptors (Lipinski definition) is 5. The molecule has 1 fully saturated rings. The minimum atomic E-state index is -3.62. The van der Waals surface area contributed by atoms with Crippen molar-refractivity contribution in [2.24, 2.45) is 5.92 Å². The highest BCUT2D eigenvalue weighted by atomic mass is 32.2. The van der Waals surface area contributed by atoms with E-state index in [9.17, 15) is 12.8 Å². The number of rotatable bonds is 5. The van der Waals surface area contributed by atoms with Gasteiger partial charge >= 0.3 is 0 Å². The third-order valence-electron chi connectivity index (χ3n) is 4.86. The van der Waals surface area contributed by atoms with Gasteiger partial charge in [-0.25, -0.2) is 17.5 Å². The Kier molecular flexibility index (Phi) is 4.92. The Labute approximate surface area is 157 Å². The zero-order valence-electron chi connectivity index (χ0n) is 14.7. The minimum absolute atomic E-state index is 0.167. The number of nitrogens with zero attached hydrogens (tertiary/aromatic N) is 1. The van der Waals surface area contributed by atoms with E-state index in [1.807, 2.05) is 0 Å². The van der Waals surface area contributed by atoms with Crippen LogP contribution in [0.25, 0.3) is 0 Å². The molecule has 1 atom stereocenters. The Bertz CT molecular complexity index is 918. The molecule has 6 nitrogen and oxygen atoms in total. The molecule has 2 aromatic rings. The van der Waals surface area contributed by atoms with Gasteiger partial charge in [-0.2, -0.15) is 0 Å². The molecule has 1 saturated heterocycles. The molecular formula is C19H21FN2O4S. The topological polar surface area (TPSA) is 67.9 Å². The molecule has 0 spiro atoms. The van der Waals surface area contributed by atoms with Crippen molar-refractivity contribution in [2.45, 2.75) is 11.3 Å². The monoisotopic (exact) mass is 392 g/mol. The highest BCUT2D eigenvalue weighted by molar-refractivity contribution is 7.89. The van der Waals surface area contributed by atoms with Gasteiger partial charge in [-0.1, -0.05) is 0 Å². The molecule has 0 aliphatic carbocycles. The standard InChI is InChI=1S/C19H21FN2O4S/c20-15-1-3-16(4-2-15)22-8-7-14(13-22)12-21-27(23,24)17-5-6-18-19(11-17)26-10-9-25-18/h1-6,11,14,21H,7-10,12-13H2. The molecule has 4 rings (SSSR count). The number of benzene rings is 2. The van der Waals surface area contributed by atoms with E-state index in [1.165, 1.54) is 24.3 Å². The highest BCUT2D eigenvalue weighted by Crippen LogP contribution is 2.32. The number of fused-ring (bicyclic) bond motifs is 1. The van der Waals surface area contributed by atoms with Crippen molar-refractivity contribution in [1.29, 1.82) is 0 Å². The Morgan fingerprint density at radius 1 is 1.07 bits per heavy atom. The smallest absolute Gasteiger partial charge is 0.240 e. The molecule has 2 heterocycles. The second-order valence-electron chi connectivity index (χ2n) is 6.73. The molecule has 0 aromatic heterocycles. The molecule has 0 bridgehead atoms. The highest BCUT2D eigenvalue weighted by Gasteiger charge is 2.25. The predicted octanol–water partition coefficient (Wildman–Crippen LogP) is 2.40. The van der Waals surface area contributed by atoms with Crippen molar-refractivity contribution >= 4 is 15.7 Å². The molecule has 0 radical (unpaired) electrons. The molecular weight excluding hydrogens is 371 g/mol. The largest absolute Gasteiger partial charge is 0.486 e. The van der Waals surface area contributed by atoms with Crippen LogP contribution in [0.1, 0.15) is 6.42 Å². The summed E-state index contributed by atoms with van der Waals surface area (Å²) in [6, 6.07) is 11.0. The first-order valence-electron chi connectivity index (χ1n) is 8.91. The van der Waals surface area contributed by atoms with Gasteiger partial charge in [-0.05, 0) is 48.7 Å². The molecule has 2 aliphatic rings. The van der Waals surface area contributed by atoms with E-state index in [2.05, 4.69) is 9.62 Å². The fourth-order valence-electron chi connectivity index (χ4n) is 3.39. The van der Waals surface area contributed by atoms with Crippen LogP contribution in [0.3, 0.4) is 0 Å². The van der Waals surface area contributed by atoms with Gasteiger partial charge in [0, 0.05) is 31.4 Å². The first-order chi connectivity index (χ1) is 13.0. The summed E-state index contributed by atoms with van der Waals surface area (Å²) in [6.07, 6.45) is 0.876. The molecule has 0 saturated carbocycles. The van der Waals surface area contributed by atoms with E-state index in [1.54, 1.807) is 18.2 Å². The quantitative estimate of drug-likeness (QED) is 0.846. The van der Waals surface area contributed by atoms with Crippen LogP contribution in [0.2, 0.25) is 0 Å². The fourth-order valence-corrected chi connectivity index (χ4v) is 4.52. The van der Waals surface area contributed by atoms with Crippen molar-refractivity contribution in [3.8, 4) is 11.5 Å². The van der Waals surface area contributed by atoms with Gasteiger partial charge in [0.1, 0.15) is 19.0 Å². The summed E-state index contributed by atoms with van der Waals surface area (Å²) in [5.41, 5.74) is 0.952. The normalized spacial score (nSPS) is 19.3. The zero-order chi connectivity index (χ0) is 18.9. The summed E-state index contributed by atoms with van der Waals surface area (Å²) in [5, 5.41) is 0. The lowest BCUT2D eigenvalue weighted by Gasteiger charge is -2.20. The summed E-state index contributed by atoms with van der Waals surface area (Å²) in [5.74, 6) is 0.946. The van der Waals surface area contributed by atoms with Gasteiger partial charge in [-0.3, -0.25) is 0 Å². The van der Waals surface area contributed by atoms with Gasteiger partial charge in [0.15, 0.2) is 11.5 Å². The lowest BCUT2D eigenvalue weighted by atomic mass is 10.1. The Hall–Kier alpha value is -2.32. The Balaban J connectivity index is 1.37. The minimum Gasteiger partial charge on any atom is -0.486 e. The van der Waals surface area contributed by atoms with Crippen molar-refractivity contribution < 1.29 is 22.3 Å². The average Bonchev–Trinajstić information content (AvgIpc) is 3.16. The van der Waals surface area contributed by atoms with E-state index >= 15 is 0 Å². The summed E-state index contributed by atoms with van der Waals surface area (Å²) >= 11 is 0. The van der Waals surface area contributed by atoms with Crippen LogP contribution in [0.15, 0.2) is 47.4 Å². The van der Waals surface area contributed by atoms with Gasteiger partial charge < -0.3 is 14.4 Å². The summed E-state index contributed by atoms with van der Waals surface area (Å²) in [7, 11) is -3.62. The lowest BCUT2D eigenvalue weighted by Crippen LogP contribution is -2.31. The molecule has 8 heteroatoms. The van der Waals surface area contributed by atoms with Crippen LogP contribution >= 0.6 is 0 Å². The van der Waals surface area contributed by atoms with Crippen LogP contribution in [-0.4, -0.2) is 41.3 Å². The molecule has 0 amide bonds. The SMILES string of the molecule is O=S(=O)(NCC1CCN(c2ccc(F)cc2)C1)c1ccc2c(c1)OCCO2. The maximum atomic E-state index is 13.1. The first kappa shape index (κ1) is 18.1. The van der Waals surface area contributed by atoms with Gasteiger partial charge in [-0.15, -0.1) is 0 Å². The molecule has 1 unspecified atom stereocenters. The molecule has 2 aromatic carbocycles. The second-order valence-corrected chi connectivity index (χ2v) is 8.50. The summed E-state index contributed by atoms with van der Waals surface area (Å²) in [4.78, 5) is 2.31. The molecule has 27 heavy (non-hydrogen) atoms. The van der Waals surface area contributed by atoms with Crippen LogP contribution in [0, 0.1) is 11.7 Å². The van der Waals surface area contributed by atoms with Crippen LogP contribution in [0.5, 0.6) is 11.5 Å². The van der Waals surface area contributed by atoms with E-state index in [0.717, 1.165) is 25.2 Å². The van der Waals surface area contributed by atoms with E-state index in [-0.39, 0.29) is 16.6 Å². The van der Waals surface area contributed by atoms with Crippen molar-refractivity contribution in [3.05, 3.63) is 48.3 Å².